The van der Waals surface area contributed by atoms with Crippen LogP contribution in [-0.4, -0.2) is 27.7 Å². The molecule has 0 saturated heterocycles. The summed E-state index contributed by atoms with van der Waals surface area (Å²) in [6.07, 6.45) is 0. The summed E-state index contributed by atoms with van der Waals surface area (Å²) in [4.78, 5) is 6.88. The van der Waals surface area contributed by atoms with Crippen LogP contribution < -0.4 is 10.2 Å². The predicted molar refractivity (Wildman–Crippen MR) is 82.9 cm³/mol. The molecule has 21 heavy (non-hydrogen) atoms. The van der Waals surface area contributed by atoms with Crippen LogP contribution in [0.25, 0.3) is 5.65 Å². The number of aromatic nitrogens is 3. The number of fused-ring (bicyclic) bond motifs is 2. The quantitative estimate of drug-likeness (QED) is 0.742. The lowest BCUT2D eigenvalue weighted by molar-refractivity contribution is 0.708. The summed E-state index contributed by atoms with van der Waals surface area (Å²) in [7, 11) is 0. The molecule has 0 unspecified atom stereocenters. The number of anilines is 2. The number of aryl methyl sites for hydroxylation is 1. The molecule has 0 amide bonds. The van der Waals surface area contributed by atoms with E-state index in [9.17, 15) is 0 Å². The summed E-state index contributed by atoms with van der Waals surface area (Å²) in [5.41, 5.74) is 4.45. The van der Waals surface area contributed by atoms with Crippen molar-refractivity contribution < 1.29 is 0 Å². The Morgan fingerprint density at radius 2 is 2.00 bits per heavy atom. The van der Waals surface area contributed by atoms with Crippen molar-refractivity contribution in [3.05, 3.63) is 53.7 Å². The molecule has 2 aromatic heterocycles. The largest absolute Gasteiger partial charge is 0.311 e. The minimum Gasteiger partial charge on any atom is -0.311 e. The fraction of sp³-hybridized carbons (Fsp3) is 0.250. The third-order valence-corrected chi connectivity index (χ3v) is 3.89. The van der Waals surface area contributed by atoms with Crippen LogP contribution in [0, 0.1) is 6.92 Å². The molecule has 1 aliphatic heterocycles. The molecule has 5 heteroatoms. The Kier molecular flexibility index (Phi) is 2.86. The number of pyridine rings is 1. The first kappa shape index (κ1) is 12.3. The highest BCUT2D eigenvalue weighted by molar-refractivity contribution is 5.63. The molecule has 0 saturated carbocycles. The van der Waals surface area contributed by atoms with Crippen molar-refractivity contribution >= 4 is 17.3 Å². The minimum absolute atomic E-state index is 0.764. The lowest BCUT2D eigenvalue weighted by Gasteiger charge is -2.20. The maximum atomic E-state index is 4.69. The van der Waals surface area contributed by atoms with Gasteiger partial charge in [0.15, 0.2) is 5.65 Å². The average Bonchev–Trinajstić information content (AvgIpc) is 2.82. The second kappa shape index (κ2) is 4.86. The molecule has 106 valence electrons. The first-order valence-electron chi connectivity index (χ1n) is 7.21. The smallest absolute Gasteiger partial charge is 0.250 e. The maximum Gasteiger partial charge on any atom is 0.250 e. The molecule has 1 N–H and O–H groups in total. The van der Waals surface area contributed by atoms with Gasteiger partial charge >= 0.3 is 0 Å². The van der Waals surface area contributed by atoms with Crippen molar-refractivity contribution in [2.24, 2.45) is 0 Å². The fourth-order valence-corrected chi connectivity index (χ4v) is 2.80. The maximum absolute atomic E-state index is 4.69. The van der Waals surface area contributed by atoms with E-state index in [0.717, 1.165) is 36.9 Å². The highest BCUT2D eigenvalue weighted by atomic mass is 15.4. The number of benzene rings is 1. The Balaban J connectivity index is 1.86. The normalized spacial score (nSPS) is 15.0. The van der Waals surface area contributed by atoms with E-state index in [4.69, 9.17) is 0 Å². The van der Waals surface area contributed by atoms with Crippen molar-refractivity contribution in [2.75, 3.05) is 18.0 Å². The third kappa shape index (κ3) is 2.06. The predicted octanol–water partition coefficient (Wildman–Crippen LogP) is 2.28. The zero-order chi connectivity index (χ0) is 14.2. The second-order valence-electron chi connectivity index (χ2n) is 5.31. The molecule has 0 spiro atoms. The molecule has 0 aliphatic carbocycles. The summed E-state index contributed by atoms with van der Waals surface area (Å²) in [6.45, 7) is 4.72. The number of rotatable bonds is 1. The second-order valence-corrected chi connectivity index (χ2v) is 5.31. The summed E-state index contributed by atoms with van der Waals surface area (Å²) < 4.78 is 1.90. The molecule has 0 fully saturated rings. The van der Waals surface area contributed by atoms with Crippen LogP contribution in [-0.2, 0) is 6.54 Å². The van der Waals surface area contributed by atoms with Crippen LogP contribution in [0.4, 0.5) is 11.6 Å². The van der Waals surface area contributed by atoms with Gasteiger partial charge in [0.25, 0.3) is 0 Å². The zero-order valence-electron chi connectivity index (χ0n) is 12.0. The zero-order valence-corrected chi connectivity index (χ0v) is 12.0. The van der Waals surface area contributed by atoms with E-state index in [2.05, 4.69) is 44.6 Å². The highest BCUT2D eigenvalue weighted by Crippen LogP contribution is 2.27. The molecular formula is C16H17N5. The van der Waals surface area contributed by atoms with Crippen molar-refractivity contribution in [3.63, 3.8) is 0 Å². The summed E-state index contributed by atoms with van der Waals surface area (Å²) >= 11 is 0. The molecule has 0 bridgehead atoms. The number of nitrogens with one attached hydrogen (secondary N) is 1. The Morgan fingerprint density at radius 3 is 2.90 bits per heavy atom. The first-order chi connectivity index (χ1) is 10.3. The van der Waals surface area contributed by atoms with Gasteiger partial charge in [-0.05, 0) is 30.7 Å². The van der Waals surface area contributed by atoms with Crippen LogP contribution in [0.3, 0.4) is 0 Å². The number of nitrogens with zero attached hydrogens (tertiary/aromatic N) is 4. The van der Waals surface area contributed by atoms with Gasteiger partial charge < -0.3 is 10.2 Å². The van der Waals surface area contributed by atoms with E-state index < -0.39 is 0 Å². The SMILES string of the molecule is Cc1cccc2nc(N3CCNCc4ccccc43)nn12. The lowest BCUT2D eigenvalue weighted by Crippen LogP contribution is -2.25. The Labute approximate surface area is 123 Å². The summed E-state index contributed by atoms with van der Waals surface area (Å²) in [6, 6.07) is 14.5. The van der Waals surface area contributed by atoms with Crippen LogP contribution in [0.1, 0.15) is 11.3 Å². The van der Waals surface area contributed by atoms with Crippen molar-refractivity contribution in [1.29, 1.82) is 0 Å². The van der Waals surface area contributed by atoms with Gasteiger partial charge in [0.1, 0.15) is 0 Å². The molecule has 5 nitrogen and oxygen atoms in total. The third-order valence-electron chi connectivity index (χ3n) is 3.89. The van der Waals surface area contributed by atoms with Gasteiger partial charge in [-0.3, -0.25) is 0 Å². The molecule has 4 rings (SSSR count). The molecular weight excluding hydrogens is 262 g/mol. The van der Waals surface area contributed by atoms with Crippen molar-refractivity contribution in [1.82, 2.24) is 19.9 Å². The average molecular weight is 279 g/mol. The lowest BCUT2D eigenvalue weighted by atomic mass is 10.1. The summed E-state index contributed by atoms with van der Waals surface area (Å²) in [5.74, 6) is 0.764. The topological polar surface area (TPSA) is 45.5 Å². The Hall–Kier alpha value is -2.40. The molecule has 3 aromatic rings. The Bertz CT molecular complexity index is 792. The van der Waals surface area contributed by atoms with Crippen molar-refractivity contribution in [3.8, 4) is 0 Å². The van der Waals surface area contributed by atoms with E-state index in [-0.39, 0.29) is 0 Å². The first-order valence-corrected chi connectivity index (χ1v) is 7.21. The van der Waals surface area contributed by atoms with Gasteiger partial charge in [-0.2, -0.15) is 4.98 Å². The monoisotopic (exact) mass is 279 g/mol. The highest BCUT2D eigenvalue weighted by Gasteiger charge is 2.19. The van der Waals surface area contributed by atoms with Gasteiger partial charge in [-0.1, -0.05) is 24.3 Å². The van der Waals surface area contributed by atoms with Gasteiger partial charge in [-0.25, -0.2) is 4.52 Å². The van der Waals surface area contributed by atoms with E-state index in [1.54, 1.807) is 0 Å². The van der Waals surface area contributed by atoms with Gasteiger partial charge in [0.05, 0.1) is 0 Å². The van der Waals surface area contributed by atoms with Crippen LogP contribution in [0.5, 0.6) is 0 Å². The standard InChI is InChI=1S/C16H17N5/c1-12-5-4-8-15-18-16(19-21(12)15)20-10-9-17-11-13-6-2-3-7-14(13)20/h2-8,17H,9-11H2,1H3. The van der Waals surface area contributed by atoms with Crippen LogP contribution in [0.2, 0.25) is 0 Å². The Morgan fingerprint density at radius 1 is 1.10 bits per heavy atom. The van der Waals surface area contributed by atoms with Gasteiger partial charge in [0.2, 0.25) is 5.95 Å². The van der Waals surface area contributed by atoms with E-state index in [0.29, 0.717) is 0 Å². The van der Waals surface area contributed by atoms with Crippen molar-refractivity contribution in [2.45, 2.75) is 13.5 Å². The number of para-hydroxylation sites is 1. The molecule has 1 aromatic carbocycles. The number of hydrogen-bond acceptors (Lipinski definition) is 4. The van der Waals surface area contributed by atoms with Gasteiger partial charge in [0, 0.05) is 31.0 Å². The van der Waals surface area contributed by atoms with E-state index in [1.807, 2.05) is 29.6 Å². The molecule has 0 atom stereocenters. The van der Waals surface area contributed by atoms with E-state index in [1.165, 1.54) is 11.3 Å². The minimum atomic E-state index is 0.764. The number of hydrogen-bond donors (Lipinski definition) is 1. The van der Waals surface area contributed by atoms with Gasteiger partial charge in [-0.15, -0.1) is 5.10 Å². The van der Waals surface area contributed by atoms with Crippen LogP contribution >= 0.6 is 0 Å². The molecule has 3 heterocycles. The van der Waals surface area contributed by atoms with Crippen LogP contribution in [0.15, 0.2) is 42.5 Å². The molecule has 1 aliphatic rings. The summed E-state index contributed by atoms with van der Waals surface area (Å²) in [5, 5.41) is 8.12. The fourth-order valence-electron chi connectivity index (χ4n) is 2.80. The van der Waals surface area contributed by atoms with E-state index >= 15 is 0 Å². The molecule has 0 radical (unpaired) electrons.